The monoisotopic (exact) mass is 760 g/mol. The van der Waals surface area contributed by atoms with E-state index in [1.165, 1.54) is 109 Å². The van der Waals surface area contributed by atoms with Crippen molar-refractivity contribution in [2.45, 2.75) is 57.8 Å². The number of aryl methyl sites for hydroxylation is 2. The molecule has 9 aromatic rings. The van der Waals surface area contributed by atoms with Crippen molar-refractivity contribution in [3.63, 3.8) is 0 Å². The minimum Gasteiger partial charge on any atom is -0.310 e. The lowest BCUT2D eigenvalue weighted by atomic mass is 9.70. The molecule has 0 fully saturated rings. The zero-order valence-corrected chi connectivity index (χ0v) is 34.0. The fourth-order valence-electron chi connectivity index (χ4n) is 10.5. The summed E-state index contributed by atoms with van der Waals surface area (Å²) in [5.41, 5.74) is 20.3. The SMILES string of the molecule is CCCCc1ccc2c(c1)c1cc(CCCC)ccc1n2-c1ccc(N(c2ccccc2)c2ccc3c(c2)C2(c4ccccc4-c4ccccc42)c2ccccc2-3)cc1. The van der Waals surface area contributed by atoms with Gasteiger partial charge in [0, 0.05) is 33.5 Å². The van der Waals surface area contributed by atoms with E-state index in [1.54, 1.807) is 0 Å². The number of para-hydroxylation sites is 1. The topological polar surface area (TPSA) is 8.17 Å². The molecule has 0 atom stereocenters. The van der Waals surface area contributed by atoms with Crippen molar-refractivity contribution in [1.82, 2.24) is 4.57 Å². The number of hydrogen-bond donors (Lipinski definition) is 0. The fraction of sp³-hybridized carbons (Fsp3) is 0.158. The molecule has 0 radical (unpaired) electrons. The van der Waals surface area contributed by atoms with E-state index in [9.17, 15) is 0 Å². The lowest BCUT2D eigenvalue weighted by Gasteiger charge is -2.32. The van der Waals surface area contributed by atoms with Crippen LogP contribution in [-0.2, 0) is 18.3 Å². The lowest BCUT2D eigenvalue weighted by Crippen LogP contribution is -2.26. The zero-order valence-electron chi connectivity index (χ0n) is 34.0. The Morgan fingerprint density at radius 3 is 1.39 bits per heavy atom. The second-order valence-corrected chi connectivity index (χ2v) is 16.5. The summed E-state index contributed by atoms with van der Waals surface area (Å²) in [7, 11) is 0. The molecule has 0 amide bonds. The number of rotatable bonds is 10. The van der Waals surface area contributed by atoms with Crippen LogP contribution in [-0.4, -0.2) is 4.57 Å². The first-order valence-electron chi connectivity index (χ1n) is 21.6. The molecule has 1 spiro atoms. The highest BCUT2D eigenvalue weighted by Gasteiger charge is 2.51. The van der Waals surface area contributed by atoms with Crippen LogP contribution in [0.2, 0.25) is 0 Å². The van der Waals surface area contributed by atoms with Crippen molar-refractivity contribution in [2.24, 2.45) is 0 Å². The summed E-state index contributed by atoms with van der Waals surface area (Å²) in [6.07, 6.45) is 7.07. The van der Waals surface area contributed by atoms with Gasteiger partial charge in [-0.1, -0.05) is 136 Å². The number of benzene rings is 8. The van der Waals surface area contributed by atoms with Gasteiger partial charge in [0.15, 0.2) is 0 Å². The Morgan fingerprint density at radius 2 is 0.864 bits per heavy atom. The molecule has 286 valence electrons. The van der Waals surface area contributed by atoms with E-state index in [0.717, 1.165) is 29.9 Å². The summed E-state index contributed by atoms with van der Waals surface area (Å²) in [4.78, 5) is 2.43. The fourth-order valence-corrected chi connectivity index (χ4v) is 10.5. The summed E-state index contributed by atoms with van der Waals surface area (Å²) in [5.74, 6) is 0. The molecule has 1 aromatic heterocycles. The van der Waals surface area contributed by atoms with Crippen LogP contribution in [0, 0.1) is 0 Å². The second kappa shape index (κ2) is 14.3. The largest absolute Gasteiger partial charge is 0.310 e. The third kappa shape index (κ3) is 5.46. The van der Waals surface area contributed by atoms with Gasteiger partial charge >= 0.3 is 0 Å². The molecule has 2 aliphatic carbocycles. The van der Waals surface area contributed by atoms with Crippen molar-refractivity contribution >= 4 is 38.9 Å². The van der Waals surface area contributed by atoms with Crippen LogP contribution in [0.15, 0.2) is 182 Å². The molecule has 11 rings (SSSR count). The molecule has 8 aromatic carbocycles. The maximum Gasteiger partial charge on any atom is 0.0726 e. The van der Waals surface area contributed by atoms with Crippen LogP contribution in [0.4, 0.5) is 17.1 Å². The summed E-state index contributed by atoms with van der Waals surface area (Å²) < 4.78 is 2.47. The molecule has 59 heavy (non-hydrogen) atoms. The Bertz CT molecular complexity index is 2890. The van der Waals surface area contributed by atoms with E-state index in [4.69, 9.17) is 0 Å². The van der Waals surface area contributed by atoms with E-state index < -0.39 is 5.41 Å². The molecule has 2 heteroatoms. The van der Waals surface area contributed by atoms with Crippen molar-refractivity contribution in [1.29, 1.82) is 0 Å². The van der Waals surface area contributed by atoms with Gasteiger partial charge < -0.3 is 9.47 Å². The lowest BCUT2D eigenvalue weighted by molar-refractivity contribution is 0.793. The number of aromatic nitrogens is 1. The maximum absolute atomic E-state index is 2.48. The predicted octanol–water partition coefficient (Wildman–Crippen LogP) is 15.3. The molecule has 0 unspecified atom stereocenters. The van der Waals surface area contributed by atoms with Crippen LogP contribution < -0.4 is 4.90 Å². The highest BCUT2D eigenvalue weighted by atomic mass is 15.1. The number of hydrogen-bond acceptors (Lipinski definition) is 1. The summed E-state index contributed by atoms with van der Waals surface area (Å²) in [6.45, 7) is 4.56. The van der Waals surface area contributed by atoms with Crippen LogP contribution in [0.3, 0.4) is 0 Å². The zero-order chi connectivity index (χ0) is 39.5. The van der Waals surface area contributed by atoms with E-state index in [1.807, 2.05) is 0 Å². The smallest absolute Gasteiger partial charge is 0.0726 e. The van der Waals surface area contributed by atoms with E-state index in [-0.39, 0.29) is 0 Å². The molecular formula is C57H48N2. The van der Waals surface area contributed by atoms with E-state index in [2.05, 4.69) is 205 Å². The van der Waals surface area contributed by atoms with Crippen molar-refractivity contribution in [3.8, 4) is 27.9 Å². The third-order valence-corrected chi connectivity index (χ3v) is 13.2. The van der Waals surface area contributed by atoms with Crippen LogP contribution in [0.1, 0.15) is 72.9 Å². The van der Waals surface area contributed by atoms with Gasteiger partial charge in [0.1, 0.15) is 0 Å². The standard InChI is InChI=1S/C57H48N2/c1-3-5-16-39-26-34-55-49(36-39)50-37-40(17-6-4-2)27-35-56(50)59(55)43-30-28-42(29-31-43)58(41-18-8-7-9-19-41)44-32-33-48-47-22-12-15-25-53(47)57(54(48)38-44)51-23-13-10-20-45(51)46-21-11-14-24-52(46)57/h7-15,18-38H,3-6,16-17H2,1-2H3. The van der Waals surface area contributed by atoms with Gasteiger partial charge in [0.25, 0.3) is 0 Å². The van der Waals surface area contributed by atoms with Gasteiger partial charge in [-0.2, -0.15) is 0 Å². The van der Waals surface area contributed by atoms with Gasteiger partial charge in [0.2, 0.25) is 0 Å². The second-order valence-electron chi connectivity index (χ2n) is 16.5. The van der Waals surface area contributed by atoms with Gasteiger partial charge in [-0.05, 0) is 154 Å². The first-order valence-corrected chi connectivity index (χ1v) is 21.6. The van der Waals surface area contributed by atoms with Crippen LogP contribution in [0.25, 0.3) is 49.7 Å². The van der Waals surface area contributed by atoms with E-state index in [0.29, 0.717) is 0 Å². The van der Waals surface area contributed by atoms with E-state index >= 15 is 0 Å². The summed E-state index contributed by atoms with van der Waals surface area (Å²) in [6, 6.07) is 68.8. The number of nitrogens with zero attached hydrogens (tertiary/aromatic N) is 2. The first kappa shape index (κ1) is 35.5. The minimum absolute atomic E-state index is 0.398. The maximum atomic E-state index is 2.48. The molecule has 0 bridgehead atoms. The Balaban J connectivity index is 1.07. The molecule has 0 saturated heterocycles. The Labute approximate surface area is 348 Å². The molecule has 2 nitrogen and oxygen atoms in total. The highest BCUT2D eigenvalue weighted by Crippen LogP contribution is 2.63. The highest BCUT2D eigenvalue weighted by molar-refractivity contribution is 6.10. The first-order chi connectivity index (χ1) is 29.2. The third-order valence-electron chi connectivity index (χ3n) is 13.2. The molecule has 2 aliphatic rings. The van der Waals surface area contributed by atoms with Crippen molar-refractivity contribution in [3.05, 3.63) is 215 Å². The summed E-state index contributed by atoms with van der Waals surface area (Å²) >= 11 is 0. The van der Waals surface area contributed by atoms with Crippen LogP contribution >= 0.6 is 0 Å². The number of anilines is 3. The predicted molar refractivity (Wildman–Crippen MR) is 249 cm³/mol. The average molecular weight is 761 g/mol. The molecule has 0 aliphatic heterocycles. The average Bonchev–Trinajstić information content (AvgIpc) is 3.89. The van der Waals surface area contributed by atoms with Gasteiger partial charge in [-0.3, -0.25) is 0 Å². The van der Waals surface area contributed by atoms with Gasteiger partial charge in [-0.15, -0.1) is 0 Å². The summed E-state index contributed by atoms with van der Waals surface area (Å²) in [5, 5.41) is 2.70. The molecule has 0 N–H and O–H groups in total. The Kier molecular flexibility index (Phi) is 8.62. The number of fused-ring (bicyclic) bond motifs is 13. The number of unbranched alkanes of at least 4 members (excludes halogenated alkanes) is 2. The van der Waals surface area contributed by atoms with Crippen molar-refractivity contribution in [2.75, 3.05) is 4.90 Å². The van der Waals surface area contributed by atoms with Crippen LogP contribution in [0.5, 0.6) is 0 Å². The molecule has 1 heterocycles. The van der Waals surface area contributed by atoms with Gasteiger partial charge in [0.05, 0.1) is 16.4 Å². The van der Waals surface area contributed by atoms with Gasteiger partial charge in [-0.25, -0.2) is 0 Å². The molecular weight excluding hydrogens is 713 g/mol. The molecule has 0 saturated carbocycles. The Morgan fingerprint density at radius 1 is 0.407 bits per heavy atom. The Hall–Kier alpha value is -6.64. The minimum atomic E-state index is -0.398. The quantitative estimate of drug-likeness (QED) is 0.135. The van der Waals surface area contributed by atoms with Crippen molar-refractivity contribution < 1.29 is 0 Å². The normalized spacial score (nSPS) is 13.1.